The predicted octanol–water partition coefficient (Wildman–Crippen LogP) is 1.24. The van der Waals surface area contributed by atoms with Gasteiger partial charge in [-0.2, -0.15) is 0 Å². The van der Waals surface area contributed by atoms with Crippen molar-refractivity contribution in [1.82, 2.24) is 5.32 Å². The number of likely N-dealkylation sites (N-methyl/N-ethyl adjacent to an activating group) is 1. The molecule has 0 aliphatic carbocycles. The quantitative estimate of drug-likeness (QED) is 0.843. The highest BCUT2D eigenvalue weighted by Gasteiger charge is 2.50. The number of aryl methyl sites for hydroxylation is 2. The number of carbonyl (C=O) groups is 1. The Labute approximate surface area is 107 Å². The molecule has 1 aliphatic heterocycles. The van der Waals surface area contributed by atoms with E-state index in [1.165, 1.54) is 11.1 Å². The van der Waals surface area contributed by atoms with Crippen LogP contribution in [0.5, 0.6) is 0 Å². The molecule has 0 radical (unpaired) electrons. The minimum atomic E-state index is -0.834. The van der Waals surface area contributed by atoms with Crippen molar-refractivity contribution in [2.24, 2.45) is 0 Å². The summed E-state index contributed by atoms with van der Waals surface area (Å²) < 4.78 is 5.29. The van der Waals surface area contributed by atoms with Gasteiger partial charge >= 0.3 is 5.97 Å². The minimum Gasteiger partial charge on any atom is -0.480 e. The van der Waals surface area contributed by atoms with Crippen LogP contribution < -0.4 is 5.32 Å². The van der Waals surface area contributed by atoms with E-state index in [1.807, 2.05) is 19.1 Å². The SMILES string of the molecule is CNC(C(=O)O)C1(c2ccc(C)c(C)c2)COC1. The first-order valence-corrected chi connectivity index (χ1v) is 6.07. The van der Waals surface area contributed by atoms with Crippen LogP contribution in [-0.2, 0) is 14.9 Å². The third-order valence-electron chi connectivity index (χ3n) is 3.89. The maximum Gasteiger partial charge on any atom is 0.321 e. The lowest BCUT2D eigenvalue weighted by molar-refractivity contribution is -0.150. The molecule has 1 fully saturated rings. The first-order chi connectivity index (χ1) is 8.51. The highest BCUT2D eigenvalue weighted by Crippen LogP contribution is 2.36. The number of nitrogens with one attached hydrogen (secondary N) is 1. The number of hydrogen-bond acceptors (Lipinski definition) is 3. The van der Waals surface area contributed by atoms with Crippen LogP contribution in [0.1, 0.15) is 16.7 Å². The first kappa shape index (κ1) is 13.1. The zero-order valence-electron chi connectivity index (χ0n) is 11.0. The summed E-state index contributed by atoms with van der Waals surface area (Å²) in [6.45, 7) is 5.00. The summed E-state index contributed by atoms with van der Waals surface area (Å²) in [6, 6.07) is 5.51. The van der Waals surface area contributed by atoms with Crippen LogP contribution in [-0.4, -0.2) is 37.4 Å². The maximum absolute atomic E-state index is 11.4. The van der Waals surface area contributed by atoms with Gasteiger partial charge in [-0.3, -0.25) is 4.79 Å². The van der Waals surface area contributed by atoms with Crippen molar-refractivity contribution in [2.45, 2.75) is 25.3 Å². The number of ether oxygens (including phenoxy) is 1. The molecule has 1 atom stereocenters. The summed E-state index contributed by atoms with van der Waals surface area (Å²) in [6.07, 6.45) is 0. The Balaban J connectivity index is 2.43. The van der Waals surface area contributed by atoms with Crippen molar-refractivity contribution in [2.75, 3.05) is 20.3 Å². The lowest BCUT2D eigenvalue weighted by atomic mass is 9.72. The first-order valence-electron chi connectivity index (χ1n) is 6.07. The molecule has 2 rings (SSSR count). The summed E-state index contributed by atoms with van der Waals surface area (Å²) in [4.78, 5) is 11.4. The third kappa shape index (κ3) is 1.91. The number of aliphatic carboxylic acids is 1. The summed E-state index contributed by atoms with van der Waals surface area (Å²) in [5, 5.41) is 12.2. The van der Waals surface area contributed by atoms with Crippen molar-refractivity contribution < 1.29 is 14.6 Å². The van der Waals surface area contributed by atoms with Crippen molar-refractivity contribution in [3.63, 3.8) is 0 Å². The Morgan fingerprint density at radius 2 is 2.06 bits per heavy atom. The zero-order valence-corrected chi connectivity index (χ0v) is 11.0. The number of carboxylic acid groups (broad SMARTS) is 1. The topological polar surface area (TPSA) is 58.6 Å². The van der Waals surface area contributed by atoms with Crippen LogP contribution in [0.4, 0.5) is 0 Å². The van der Waals surface area contributed by atoms with E-state index in [4.69, 9.17) is 4.74 Å². The average molecular weight is 249 g/mol. The number of hydrogen-bond donors (Lipinski definition) is 2. The van der Waals surface area contributed by atoms with Gasteiger partial charge in [-0.25, -0.2) is 0 Å². The summed E-state index contributed by atoms with van der Waals surface area (Å²) >= 11 is 0. The fourth-order valence-electron chi connectivity index (χ4n) is 2.51. The van der Waals surface area contributed by atoms with E-state index >= 15 is 0 Å². The standard InChI is InChI=1S/C14H19NO3/c1-9-4-5-11(6-10(9)2)14(7-18-8-14)12(15-3)13(16)17/h4-6,12,15H,7-8H2,1-3H3,(H,16,17). The molecule has 1 saturated heterocycles. The van der Waals surface area contributed by atoms with Crippen LogP contribution in [0.3, 0.4) is 0 Å². The lowest BCUT2D eigenvalue weighted by Crippen LogP contribution is -2.62. The summed E-state index contributed by atoms with van der Waals surface area (Å²) in [5.41, 5.74) is 2.99. The third-order valence-corrected chi connectivity index (χ3v) is 3.89. The van der Waals surface area contributed by atoms with E-state index in [2.05, 4.69) is 18.3 Å². The largest absolute Gasteiger partial charge is 0.480 e. The van der Waals surface area contributed by atoms with Gasteiger partial charge in [-0.15, -0.1) is 0 Å². The highest BCUT2D eigenvalue weighted by atomic mass is 16.5. The van der Waals surface area contributed by atoms with Crippen molar-refractivity contribution >= 4 is 5.97 Å². The van der Waals surface area contributed by atoms with Crippen molar-refractivity contribution in [3.8, 4) is 0 Å². The highest BCUT2D eigenvalue weighted by molar-refractivity contribution is 5.76. The van der Waals surface area contributed by atoms with Gasteiger partial charge in [0.1, 0.15) is 6.04 Å². The molecular formula is C14H19NO3. The lowest BCUT2D eigenvalue weighted by Gasteiger charge is -2.45. The van der Waals surface area contributed by atoms with Gasteiger partial charge in [-0.1, -0.05) is 18.2 Å². The number of carboxylic acids is 1. The molecule has 0 saturated carbocycles. The van der Waals surface area contributed by atoms with Crippen LogP contribution in [0.25, 0.3) is 0 Å². The summed E-state index contributed by atoms with van der Waals surface area (Å²) in [5.74, 6) is -0.834. The number of benzene rings is 1. The molecule has 1 unspecified atom stereocenters. The van der Waals surface area contributed by atoms with Crippen LogP contribution >= 0.6 is 0 Å². The second-order valence-electron chi connectivity index (χ2n) is 5.01. The molecule has 98 valence electrons. The predicted molar refractivity (Wildman–Crippen MR) is 68.9 cm³/mol. The molecule has 2 N–H and O–H groups in total. The van der Waals surface area contributed by atoms with Crippen molar-refractivity contribution in [1.29, 1.82) is 0 Å². The van der Waals surface area contributed by atoms with E-state index in [0.717, 1.165) is 5.56 Å². The molecule has 1 aromatic carbocycles. The van der Waals surface area contributed by atoms with Gasteiger partial charge in [0, 0.05) is 0 Å². The van der Waals surface area contributed by atoms with Gasteiger partial charge in [0.25, 0.3) is 0 Å². The van der Waals surface area contributed by atoms with Gasteiger partial charge in [0.05, 0.1) is 18.6 Å². The molecule has 0 amide bonds. The average Bonchev–Trinajstić information content (AvgIpc) is 2.26. The zero-order chi connectivity index (χ0) is 13.3. The smallest absolute Gasteiger partial charge is 0.321 e. The fourth-order valence-corrected chi connectivity index (χ4v) is 2.51. The normalized spacial score (nSPS) is 19.1. The maximum atomic E-state index is 11.4. The van der Waals surface area contributed by atoms with E-state index in [9.17, 15) is 9.90 Å². The van der Waals surface area contributed by atoms with Gasteiger partial charge < -0.3 is 15.2 Å². The Morgan fingerprint density at radius 1 is 1.39 bits per heavy atom. The molecule has 1 aliphatic rings. The van der Waals surface area contributed by atoms with Crippen LogP contribution in [0, 0.1) is 13.8 Å². The van der Waals surface area contributed by atoms with Gasteiger partial charge in [-0.05, 0) is 37.6 Å². The summed E-state index contributed by atoms with van der Waals surface area (Å²) in [7, 11) is 1.68. The second-order valence-corrected chi connectivity index (χ2v) is 5.01. The van der Waals surface area contributed by atoms with Crippen molar-refractivity contribution in [3.05, 3.63) is 34.9 Å². The molecule has 0 bridgehead atoms. The van der Waals surface area contributed by atoms with Gasteiger partial charge in [0.2, 0.25) is 0 Å². The molecule has 4 nitrogen and oxygen atoms in total. The van der Waals surface area contributed by atoms with E-state index in [0.29, 0.717) is 13.2 Å². The van der Waals surface area contributed by atoms with Crippen LogP contribution in [0.2, 0.25) is 0 Å². The fraction of sp³-hybridized carbons (Fsp3) is 0.500. The molecular weight excluding hydrogens is 230 g/mol. The number of rotatable bonds is 4. The molecule has 0 aromatic heterocycles. The Bertz CT molecular complexity index is 466. The monoisotopic (exact) mass is 249 g/mol. The molecule has 4 heteroatoms. The van der Waals surface area contributed by atoms with Gasteiger partial charge in [0.15, 0.2) is 0 Å². The molecule has 1 aromatic rings. The molecule has 1 heterocycles. The van der Waals surface area contributed by atoms with E-state index in [-0.39, 0.29) is 0 Å². The second kappa shape index (κ2) is 4.71. The Hall–Kier alpha value is -1.39. The van der Waals surface area contributed by atoms with E-state index in [1.54, 1.807) is 7.05 Å². The van der Waals surface area contributed by atoms with Crippen LogP contribution in [0.15, 0.2) is 18.2 Å². The molecule has 18 heavy (non-hydrogen) atoms. The van der Waals surface area contributed by atoms with E-state index < -0.39 is 17.4 Å². The Kier molecular flexibility index (Phi) is 3.41. The Morgan fingerprint density at radius 3 is 2.44 bits per heavy atom. The molecule has 0 spiro atoms. The minimum absolute atomic E-state index is 0.445.